The molecule has 0 aliphatic heterocycles. The molecule has 0 saturated heterocycles. The van der Waals surface area contributed by atoms with Crippen molar-refractivity contribution in [3.8, 4) is 0 Å². The third-order valence-corrected chi connectivity index (χ3v) is 3.77. The largest absolute Gasteiger partial charge is 0.469 e. The molecule has 0 spiro atoms. The van der Waals surface area contributed by atoms with Crippen LogP contribution in [-0.2, 0) is 9.53 Å². The number of carbonyl (C=O) groups is 1. The van der Waals surface area contributed by atoms with Gasteiger partial charge in [0.25, 0.3) is 0 Å². The maximum atomic E-state index is 11.4. The number of carbonyl (C=O) groups excluding carboxylic acids is 1. The zero-order valence-electron chi connectivity index (χ0n) is 10.6. The molecule has 1 aliphatic carbocycles. The fourth-order valence-electron chi connectivity index (χ4n) is 2.65. The number of esters is 1. The van der Waals surface area contributed by atoms with E-state index >= 15 is 0 Å². The minimum Gasteiger partial charge on any atom is -0.469 e. The SMILES string of the molecule is COC(=O)CCC1CCC(n2cn[nH]c2=O)CC1. The van der Waals surface area contributed by atoms with Gasteiger partial charge in [-0.2, -0.15) is 5.10 Å². The number of H-pyrrole nitrogens is 1. The average Bonchev–Trinajstić information content (AvgIpc) is 2.83. The van der Waals surface area contributed by atoms with Gasteiger partial charge in [-0.3, -0.25) is 9.36 Å². The van der Waals surface area contributed by atoms with Gasteiger partial charge < -0.3 is 4.74 Å². The number of aromatic nitrogens is 3. The molecule has 0 amide bonds. The maximum absolute atomic E-state index is 11.4. The van der Waals surface area contributed by atoms with E-state index in [0.717, 1.165) is 32.1 Å². The summed E-state index contributed by atoms with van der Waals surface area (Å²) in [4.78, 5) is 22.5. The van der Waals surface area contributed by atoms with E-state index in [1.54, 1.807) is 10.9 Å². The molecular formula is C12H19N3O3. The summed E-state index contributed by atoms with van der Waals surface area (Å²) >= 11 is 0. The Kier molecular flexibility index (Phi) is 4.17. The Morgan fingerprint density at radius 1 is 1.50 bits per heavy atom. The Balaban J connectivity index is 1.80. The molecule has 1 aromatic rings. The molecule has 1 fully saturated rings. The Bertz CT molecular complexity index is 443. The number of hydrogen-bond acceptors (Lipinski definition) is 4. The molecule has 0 atom stereocenters. The van der Waals surface area contributed by atoms with Crippen molar-refractivity contribution in [2.75, 3.05) is 7.11 Å². The van der Waals surface area contributed by atoms with Crippen molar-refractivity contribution < 1.29 is 9.53 Å². The van der Waals surface area contributed by atoms with Crippen LogP contribution in [0.4, 0.5) is 0 Å². The van der Waals surface area contributed by atoms with Gasteiger partial charge in [-0.05, 0) is 38.0 Å². The van der Waals surface area contributed by atoms with E-state index in [2.05, 4.69) is 14.9 Å². The minimum absolute atomic E-state index is 0.131. The second-order valence-corrected chi connectivity index (χ2v) is 4.86. The lowest BCUT2D eigenvalue weighted by molar-refractivity contribution is -0.141. The van der Waals surface area contributed by atoms with Gasteiger partial charge in [0.2, 0.25) is 0 Å². The number of ether oxygens (including phenoxy) is 1. The minimum atomic E-state index is -0.136. The summed E-state index contributed by atoms with van der Waals surface area (Å²) in [6.07, 6.45) is 7.02. The lowest BCUT2D eigenvalue weighted by Gasteiger charge is -2.28. The number of nitrogens with one attached hydrogen (secondary N) is 1. The molecule has 0 unspecified atom stereocenters. The number of nitrogens with zero attached hydrogens (tertiary/aromatic N) is 2. The fraction of sp³-hybridized carbons (Fsp3) is 0.750. The Hall–Kier alpha value is -1.59. The molecule has 100 valence electrons. The highest BCUT2D eigenvalue weighted by molar-refractivity contribution is 5.69. The van der Waals surface area contributed by atoms with E-state index in [4.69, 9.17) is 0 Å². The van der Waals surface area contributed by atoms with Crippen molar-refractivity contribution in [1.82, 2.24) is 14.8 Å². The van der Waals surface area contributed by atoms with Crippen molar-refractivity contribution in [2.45, 2.75) is 44.6 Å². The van der Waals surface area contributed by atoms with Crippen LogP contribution < -0.4 is 5.69 Å². The zero-order chi connectivity index (χ0) is 13.0. The molecule has 0 aromatic carbocycles. The maximum Gasteiger partial charge on any atom is 0.343 e. The molecule has 1 N–H and O–H groups in total. The van der Waals surface area contributed by atoms with Gasteiger partial charge in [-0.25, -0.2) is 9.89 Å². The summed E-state index contributed by atoms with van der Waals surface area (Å²) in [5, 5.41) is 6.17. The first-order chi connectivity index (χ1) is 8.70. The van der Waals surface area contributed by atoms with Crippen LogP contribution in [0.25, 0.3) is 0 Å². The van der Waals surface area contributed by atoms with E-state index in [9.17, 15) is 9.59 Å². The van der Waals surface area contributed by atoms with Crippen LogP contribution in [0.15, 0.2) is 11.1 Å². The van der Waals surface area contributed by atoms with Gasteiger partial charge in [0.15, 0.2) is 0 Å². The fourth-order valence-corrected chi connectivity index (χ4v) is 2.65. The van der Waals surface area contributed by atoms with Crippen molar-refractivity contribution in [1.29, 1.82) is 0 Å². The number of rotatable bonds is 4. The molecule has 6 nitrogen and oxygen atoms in total. The molecule has 1 saturated carbocycles. The highest BCUT2D eigenvalue weighted by Gasteiger charge is 2.23. The zero-order valence-corrected chi connectivity index (χ0v) is 10.6. The van der Waals surface area contributed by atoms with Crippen molar-refractivity contribution >= 4 is 5.97 Å². The first-order valence-electron chi connectivity index (χ1n) is 6.39. The van der Waals surface area contributed by atoms with E-state index in [-0.39, 0.29) is 17.7 Å². The normalized spacial score (nSPS) is 23.8. The summed E-state index contributed by atoms with van der Waals surface area (Å²) in [7, 11) is 1.42. The van der Waals surface area contributed by atoms with Crippen LogP contribution in [0.5, 0.6) is 0 Å². The molecule has 1 heterocycles. The lowest BCUT2D eigenvalue weighted by Crippen LogP contribution is -2.26. The van der Waals surface area contributed by atoms with Crippen molar-refractivity contribution in [3.63, 3.8) is 0 Å². The molecule has 2 rings (SSSR count). The lowest BCUT2D eigenvalue weighted by atomic mass is 9.83. The van der Waals surface area contributed by atoms with E-state index in [1.165, 1.54) is 7.11 Å². The Morgan fingerprint density at radius 3 is 2.78 bits per heavy atom. The Morgan fingerprint density at radius 2 is 2.22 bits per heavy atom. The van der Waals surface area contributed by atoms with Crippen LogP contribution in [0.2, 0.25) is 0 Å². The Labute approximate surface area is 105 Å². The molecule has 0 bridgehead atoms. The number of methoxy groups -OCH3 is 1. The monoisotopic (exact) mass is 253 g/mol. The average molecular weight is 253 g/mol. The van der Waals surface area contributed by atoms with Gasteiger partial charge >= 0.3 is 11.7 Å². The van der Waals surface area contributed by atoms with Crippen LogP contribution in [-0.4, -0.2) is 27.8 Å². The summed E-state index contributed by atoms with van der Waals surface area (Å²) < 4.78 is 6.32. The first kappa shape index (κ1) is 12.9. The van der Waals surface area contributed by atoms with Gasteiger partial charge in [0.05, 0.1) is 7.11 Å². The molecule has 1 aromatic heterocycles. The smallest absolute Gasteiger partial charge is 0.343 e. The van der Waals surface area contributed by atoms with Crippen LogP contribution >= 0.6 is 0 Å². The predicted molar refractivity (Wildman–Crippen MR) is 65.1 cm³/mol. The standard InChI is InChI=1S/C12H19N3O3/c1-18-11(16)7-4-9-2-5-10(6-3-9)15-8-13-14-12(15)17/h8-10H,2-7H2,1H3,(H,14,17). The number of aromatic amines is 1. The highest BCUT2D eigenvalue weighted by Crippen LogP contribution is 2.33. The van der Waals surface area contributed by atoms with Gasteiger partial charge in [-0.15, -0.1) is 0 Å². The summed E-state index contributed by atoms with van der Waals surface area (Å²) in [6.45, 7) is 0. The topological polar surface area (TPSA) is 77.0 Å². The molecule has 1 aliphatic rings. The van der Waals surface area contributed by atoms with Crippen LogP contribution in [0.1, 0.15) is 44.6 Å². The molecular weight excluding hydrogens is 234 g/mol. The van der Waals surface area contributed by atoms with Gasteiger partial charge in [-0.1, -0.05) is 0 Å². The van der Waals surface area contributed by atoms with Gasteiger partial charge in [0.1, 0.15) is 6.33 Å². The quantitative estimate of drug-likeness (QED) is 0.819. The highest BCUT2D eigenvalue weighted by atomic mass is 16.5. The second-order valence-electron chi connectivity index (χ2n) is 4.86. The summed E-state index contributed by atoms with van der Waals surface area (Å²) in [6, 6.07) is 0.255. The predicted octanol–water partition coefficient (Wildman–Crippen LogP) is 1.26. The summed E-state index contributed by atoms with van der Waals surface area (Å²) in [5.41, 5.74) is -0.131. The van der Waals surface area contributed by atoms with Crippen molar-refractivity contribution in [3.05, 3.63) is 16.8 Å². The third kappa shape index (κ3) is 3.00. The van der Waals surface area contributed by atoms with Crippen LogP contribution in [0, 0.1) is 5.92 Å². The molecule has 18 heavy (non-hydrogen) atoms. The second kappa shape index (κ2) is 5.84. The summed E-state index contributed by atoms with van der Waals surface area (Å²) in [5.74, 6) is 0.436. The molecule has 0 radical (unpaired) electrons. The van der Waals surface area contributed by atoms with E-state index in [0.29, 0.717) is 12.3 Å². The third-order valence-electron chi connectivity index (χ3n) is 3.77. The molecule has 6 heteroatoms. The van der Waals surface area contributed by atoms with Crippen LogP contribution in [0.3, 0.4) is 0 Å². The first-order valence-corrected chi connectivity index (χ1v) is 6.39. The van der Waals surface area contributed by atoms with Gasteiger partial charge in [0, 0.05) is 12.5 Å². The van der Waals surface area contributed by atoms with E-state index < -0.39 is 0 Å². The van der Waals surface area contributed by atoms with Crippen molar-refractivity contribution in [2.24, 2.45) is 5.92 Å². The van der Waals surface area contributed by atoms with E-state index in [1.807, 2.05) is 0 Å². The number of hydrogen-bond donors (Lipinski definition) is 1.